The van der Waals surface area contributed by atoms with Gasteiger partial charge in [-0.15, -0.1) is 0 Å². The van der Waals surface area contributed by atoms with Crippen LogP contribution < -0.4 is 4.90 Å². The average molecular weight is 374 g/mol. The van der Waals surface area contributed by atoms with Crippen LogP contribution in [-0.4, -0.2) is 24.4 Å². The molecule has 2 aromatic rings. The lowest BCUT2D eigenvalue weighted by Crippen LogP contribution is -2.30. The van der Waals surface area contributed by atoms with Crippen molar-refractivity contribution in [3.05, 3.63) is 70.0 Å². The van der Waals surface area contributed by atoms with Gasteiger partial charge < -0.3 is 4.74 Å². The average Bonchev–Trinajstić information content (AvgIpc) is 2.86. The number of carbonyl (C=O) groups excluding carboxylic acids is 3. The molecule has 0 fully saturated rings. The number of hydrogen-bond acceptors (Lipinski definition) is 4. The number of nitrogens with zero attached hydrogens (tertiary/aromatic N) is 1. The Morgan fingerprint density at radius 1 is 1.19 bits per heavy atom. The van der Waals surface area contributed by atoms with Gasteiger partial charge in [-0.3, -0.25) is 9.59 Å². The first kappa shape index (κ1) is 17.8. The Bertz CT molecular complexity index is 920. The van der Waals surface area contributed by atoms with E-state index in [0.717, 1.165) is 17.0 Å². The maximum Gasteiger partial charge on any atom is 0.330 e. The number of anilines is 1. The van der Waals surface area contributed by atoms with Gasteiger partial charge in [0.05, 0.1) is 28.4 Å². The van der Waals surface area contributed by atoms with Gasteiger partial charge >= 0.3 is 5.97 Å². The van der Waals surface area contributed by atoms with Crippen LogP contribution in [0.15, 0.2) is 42.5 Å². The van der Waals surface area contributed by atoms with E-state index in [4.69, 9.17) is 16.3 Å². The van der Waals surface area contributed by atoms with Gasteiger partial charge in [0.2, 0.25) is 0 Å². The number of esters is 1. The fourth-order valence-corrected chi connectivity index (χ4v) is 2.82. The maximum absolute atomic E-state index is 14.4. The molecule has 132 valence electrons. The van der Waals surface area contributed by atoms with Crippen LogP contribution in [0.4, 0.5) is 10.1 Å². The molecule has 26 heavy (non-hydrogen) atoms. The fraction of sp³-hybridized carbons (Fsp3) is 0.105. The molecule has 2 aromatic carbocycles. The highest BCUT2D eigenvalue weighted by Gasteiger charge is 2.37. The highest BCUT2D eigenvalue weighted by molar-refractivity contribution is 6.35. The number of benzene rings is 2. The molecular weight excluding hydrogens is 361 g/mol. The molecule has 1 heterocycles. The molecule has 0 spiro atoms. The van der Waals surface area contributed by atoms with Crippen LogP contribution in [0.25, 0.3) is 6.08 Å². The van der Waals surface area contributed by atoms with Crippen LogP contribution in [0.3, 0.4) is 0 Å². The first-order chi connectivity index (χ1) is 12.4. The molecule has 7 heteroatoms. The minimum atomic E-state index is -0.821. The Morgan fingerprint density at radius 3 is 2.38 bits per heavy atom. The van der Waals surface area contributed by atoms with E-state index in [-0.39, 0.29) is 34.0 Å². The normalized spacial score (nSPS) is 13.4. The van der Waals surface area contributed by atoms with Crippen molar-refractivity contribution in [2.24, 2.45) is 0 Å². The predicted octanol–water partition coefficient (Wildman–Crippen LogP) is 3.86. The third kappa shape index (κ3) is 3.11. The third-order valence-electron chi connectivity index (χ3n) is 3.79. The zero-order valence-corrected chi connectivity index (χ0v) is 14.4. The SMILES string of the molecule is CCOC(=O)/C=C/c1cc(N2C(=O)c3ccccc3C2=O)c(F)cc1Cl. The van der Waals surface area contributed by atoms with E-state index in [1.165, 1.54) is 24.3 Å². The van der Waals surface area contributed by atoms with Crippen molar-refractivity contribution < 1.29 is 23.5 Å². The summed E-state index contributed by atoms with van der Waals surface area (Å²) in [5.74, 6) is -2.65. The molecule has 2 amide bonds. The smallest absolute Gasteiger partial charge is 0.330 e. The standard InChI is InChI=1S/C19H13ClFNO4/c1-2-26-17(23)8-7-11-9-16(15(21)10-14(11)20)22-18(24)12-5-3-4-6-13(12)19(22)25/h3-10H,2H2,1H3/b8-7+. The van der Waals surface area contributed by atoms with E-state index >= 15 is 0 Å². The Labute approximate surface area is 153 Å². The molecular formula is C19H13ClFNO4. The lowest BCUT2D eigenvalue weighted by Gasteiger charge is -2.16. The molecule has 0 unspecified atom stereocenters. The van der Waals surface area contributed by atoms with Crippen molar-refractivity contribution in [1.82, 2.24) is 0 Å². The van der Waals surface area contributed by atoms with Crippen LogP contribution in [-0.2, 0) is 9.53 Å². The van der Waals surface area contributed by atoms with E-state index in [2.05, 4.69) is 0 Å². The van der Waals surface area contributed by atoms with E-state index in [0.29, 0.717) is 0 Å². The topological polar surface area (TPSA) is 63.7 Å². The predicted molar refractivity (Wildman–Crippen MR) is 94.7 cm³/mol. The number of hydrogen-bond donors (Lipinski definition) is 0. The quantitative estimate of drug-likeness (QED) is 0.464. The van der Waals surface area contributed by atoms with Crippen molar-refractivity contribution in [3.8, 4) is 0 Å². The monoisotopic (exact) mass is 373 g/mol. The number of rotatable bonds is 4. The summed E-state index contributed by atoms with van der Waals surface area (Å²) in [7, 11) is 0. The Kier molecular flexibility index (Phi) is 4.86. The molecule has 0 radical (unpaired) electrons. The van der Waals surface area contributed by atoms with Crippen molar-refractivity contribution in [3.63, 3.8) is 0 Å². The van der Waals surface area contributed by atoms with Gasteiger partial charge in [-0.05, 0) is 42.8 Å². The number of ether oxygens (including phenoxy) is 1. The van der Waals surface area contributed by atoms with Gasteiger partial charge in [-0.1, -0.05) is 23.7 Å². The largest absolute Gasteiger partial charge is 0.463 e. The summed E-state index contributed by atoms with van der Waals surface area (Å²) < 4.78 is 19.2. The molecule has 3 rings (SSSR count). The maximum atomic E-state index is 14.4. The van der Waals surface area contributed by atoms with E-state index in [9.17, 15) is 18.8 Å². The first-order valence-electron chi connectivity index (χ1n) is 7.75. The molecule has 1 aliphatic heterocycles. The number of amides is 2. The summed E-state index contributed by atoms with van der Waals surface area (Å²) in [5.41, 5.74) is 0.447. The summed E-state index contributed by atoms with van der Waals surface area (Å²) in [6.07, 6.45) is 2.47. The van der Waals surface area contributed by atoms with E-state index < -0.39 is 23.6 Å². The van der Waals surface area contributed by atoms with Crippen LogP contribution in [0.2, 0.25) is 5.02 Å². The minimum Gasteiger partial charge on any atom is -0.463 e. The van der Waals surface area contributed by atoms with Crippen LogP contribution in [0, 0.1) is 5.82 Å². The Hall–Kier alpha value is -2.99. The molecule has 0 N–H and O–H groups in total. The lowest BCUT2D eigenvalue weighted by molar-refractivity contribution is -0.137. The van der Waals surface area contributed by atoms with E-state index in [1.807, 2.05) is 0 Å². The van der Waals surface area contributed by atoms with Crippen molar-refractivity contribution >= 4 is 41.1 Å². The lowest BCUT2D eigenvalue weighted by atomic mass is 10.1. The minimum absolute atomic E-state index is 0.0309. The molecule has 0 saturated heterocycles. The highest BCUT2D eigenvalue weighted by atomic mass is 35.5. The number of fused-ring (bicyclic) bond motifs is 1. The van der Waals surface area contributed by atoms with Crippen LogP contribution in [0.5, 0.6) is 0 Å². The molecule has 0 atom stereocenters. The summed E-state index contributed by atoms with van der Waals surface area (Å²) in [4.78, 5) is 37.2. The van der Waals surface area contributed by atoms with Crippen molar-refractivity contribution in [1.29, 1.82) is 0 Å². The summed E-state index contributed by atoms with van der Waals surface area (Å²) in [6.45, 7) is 1.87. The zero-order chi connectivity index (χ0) is 18.8. The van der Waals surface area contributed by atoms with Crippen LogP contribution >= 0.6 is 11.6 Å². The van der Waals surface area contributed by atoms with Crippen molar-refractivity contribution in [2.45, 2.75) is 6.92 Å². The van der Waals surface area contributed by atoms with Gasteiger partial charge in [0.25, 0.3) is 11.8 Å². The number of carbonyl (C=O) groups is 3. The fourth-order valence-electron chi connectivity index (χ4n) is 2.61. The van der Waals surface area contributed by atoms with Gasteiger partial charge in [0.1, 0.15) is 5.82 Å². The second kappa shape index (κ2) is 7.09. The molecule has 0 saturated carbocycles. The second-order valence-electron chi connectivity index (χ2n) is 5.40. The summed E-state index contributed by atoms with van der Waals surface area (Å²) in [6, 6.07) is 8.49. The van der Waals surface area contributed by atoms with Crippen LogP contribution in [0.1, 0.15) is 33.2 Å². The molecule has 0 aliphatic carbocycles. The summed E-state index contributed by atoms with van der Waals surface area (Å²) >= 11 is 6.00. The number of imide groups is 1. The Balaban J connectivity index is 2.02. The molecule has 1 aliphatic rings. The Morgan fingerprint density at radius 2 is 1.81 bits per heavy atom. The van der Waals surface area contributed by atoms with Gasteiger partial charge in [0.15, 0.2) is 0 Å². The first-order valence-corrected chi connectivity index (χ1v) is 8.13. The van der Waals surface area contributed by atoms with Gasteiger partial charge in [-0.25, -0.2) is 14.1 Å². The zero-order valence-electron chi connectivity index (χ0n) is 13.7. The third-order valence-corrected chi connectivity index (χ3v) is 4.11. The molecule has 0 bridgehead atoms. The van der Waals surface area contributed by atoms with E-state index in [1.54, 1.807) is 19.1 Å². The highest BCUT2D eigenvalue weighted by Crippen LogP contribution is 2.33. The number of halogens is 2. The van der Waals surface area contributed by atoms with Gasteiger partial charge in [0, 0.05) is 6.08 Å². The summed E-state index contributed by atoms with van der Waals surface area (Å²) in [5, 5.41) is 0.0309. The van der Waals surface area contributed by atoms with Crippen molar-refractivity contribution in [2.75, 3.05) is 11.5 Å². The molecule has 5 nitrogen and oxygen atoms in total. The second-order valence-corrected chi connectivity index (χ2v) is 5.81. The van der Waals surface area contributed by atoms with Gasteiger partial charge in [-0.2, -0.15) is 0 Å². The molecule has 0 aromatic heterocycles.